The second kappa shape index (κ2) is 5.58. The molecule has 1 saturated heterocycles. The van der Waals surface area contributed by atoms with Crippen molar-refractivity contribution in [2.45, 2.75) is 25.9 Å². The van der Waals surface area contributed by atoms with Crippen LogP contribution in [0.4, 0.5) is 0 Å². The van der Waals surface area contributed by atoms with E-state index in [2.05, 4.69) is 17.5 Å². The standard InChI is InChI=1S/C19H20N2O3/c1-11(17(22)20-10-12-5-3-2-4-6-12)21-18(23)15-13-7-8-14(9-13)16(15)19(21)24/h2-8,11,13-16H,9-10H2,1H3,(H,20,22). The van der Waals surface area contributed by atoms with Crippen molar-refractivity contribution in [3.05, 3.63) is 48.0 Å². The molecule has 5 nitrogen and oxygen atoms in total. The van der Waals surface area contributed by atoms with Gasteiger partial charge in [0.1, 0.15) is 6.04 Å². The monoisotopic (exact) mass is 324 g/mol. The van der Waals surface area contributed by atoms with E-state index in [4.69, 9.17) is 0 Å². The number of allylic oxidation sites excluding steroid dienone is 2. The summed E-state index contributed by atoms with van der Waals surface area (Å²) in [6, 6.07) is 8.80. The molecule has 2 fully saturated rings. The summed E-state index contributed by atoms with van der Waals surface area (Å²) < 4.78 is 0. The van der Waals surface area contributed by atoms with Crippen LogP contribution in [0.2, 0.25) is 0 Å². The van der Waals surface area contributed by atoms with Crippen LogP contribution in [-0.2, 0) is 20.9 Å². The third-order valence-electron chi connectivity index (χ3n) is 5.58. The van der Waals surface area contributed by atoms with Gasteiger partial charge in [-0.25, -0.2) is 0 Å². The van der Waals surface area contributed by atoms with Crippen molar-refractivity contribution >= 4 is 17.7 Å². The molecule has 5 heteroatoms. The summed E-state index contributed by atoms with van der Waals surface area (Å²) in [6.45, 7) is 2.02. The molecule has 1 saturated carbocycles. The molecule has 1 aromatic rings. The van der Waals surface area contributed by atoms with Gasteiger partial charge in [0.05, 0.1) is 11.8 Å². The zero-order valence-electron chi connectivity index (χ0n) is 13.5. The van der Waals surface area contributed by atoms with Crippen LogP contribution in [-0.4, -0.2) is 28.7 Å². The van der Waals surface area contributed by atoms with E-state index in [1.165, 1.54) is 4.90 Å². The lowest BCUT2D eigenvalue weighted by molar-refractivity contribution is -0.148. The molecule has 3 aliphatic rings. The van der Waals surface area contributed by atoms with E-state index >= 15 is 0 Å². The molecule has 124 valence electrons. The van der Waals surface area contributed by atoms with Crippen LogP contribution in [0.1, 0.15) is 18.9 Å². The normalized spacial score (nSPS) is 31.5. The summed E-state index contributed by atoms with van der Waals surface area (Å²) in [4.78, 5) is 39.0. The fraction of sp³-hybridized carbons (Fsp3) is 0.421. The van der Waals surface area contributed by atoms with E-state index in [0.717, 1.165) is 12.0 Å². The highest BCUT2D eigenvalue weighted by atomic mass is 16.2. The first-order valence-corrected chi connectivity index (χ1v) is 8.45. The van der Waals surface area contributed by atoms with E-state index in [1.54, 1.807) is 6.92 Å². The smallest absolute Gasteiger partial charge is 0.243 e. The zero-order chi connectivity index (χ0) is 16.8. The Morgan fingerprint density at radius 2 is 1.71 bits per heavy atom. The van der Waals surface area contributed by atoms with Crippen molar-refractivity contribution in [1.29, 1.82) is 0 Å². The lowest BCUT2D eigenvalue weighted by Crippen LogP contribution is -2.48. The van der Waals surface area contributed by atoms with E-state index in [9.17, 15) is 14.4 Å². The van der Waals surface area contributed by atoms with Crippen LogP contribution >= 0.6 is 0 Å². The van der Waals surface area contributed by atoms with Gasteiger partial charge in [-0.15, -0.1) is 0 Å². The van der Waals surface area contributed by atoms with E-state index < -0.39 is 6.04 Å². The summed E-state index contributed by atoms with van der Waals surface area (Å²) in [5.74, 6) is -0.815. The second-order valence-electron chi connectivity index (χ2n) is 6.93. The minimum atomic E-state index is -0.765. The van der Waals surface area contributed by atoms with Crippen molar-refractivity contribution in [3.63, 3.8) is 0 Å². The van der Waals surface area contributed by atoms with Gasteiger partial charge in [-0.1, -0.05) is 42.5 Å². The molecule has 2 aliphatic carbocycles. The van der Waals surface area contributed by atoms with E-state index in [1.807, 2.05) is 30.3 Å². The molecule has 1 N–H and O–H groups in total. The van der Waals surface area contributed by atoms with Crippen molar-refractivity contribution in [2.75, 3.05) is 0 Å². The molecule has 5 unspecified atom stereocenters. The van der Waals surface area contributed by atoms with Crippen LogP contribution < -0.4 is 5.32 Å². The van der Waals surface area contributed by atoms with Gasteiger partial charge in [0.15, 0.2) is 0 Å². The predicted molar refractivity (Wildman–Crippen MR) is 87.3 cm³/mol. The molecular weight excluding hydrogens is 304 g/mol. The Balaban J connectivity index is 1.45. The number of rotatable bonds is 4. The maximum Gasteiger partial charge on any atom is 0.243 e. The first kappa shape index (κ1) is 15.1. The number of nitrogens with one attached hydrogen (secondary N) is 1. The molecule has 4 rings (SSSR count). The minimum absolute atomic E-state index is 0.168. The molecule has 2 bridgehead atoms. The fourth-order valence-electron chi connectivity index (χ4n) is 4.36. The highest BCUT2D eigenvalue weighted by Gasteiger charge is 2.60. The second-order valence-corrected chi connectivity index (χ2v) is 6.93. The van der Waals surface area contributed by atoms with Gasteiger partial charge in [0, 0.05) is 6.54 Å². The van der Waals surface area contributed by atoms with Gasteiger partial charge in [-0.2, -0.15) is 0 Å². The van der Waals surface area contributed by atoms with Crippen LogP contribution in [0.25, 0.3) is 0 Å². The highest BCUT2D eigenvalue weighted by molar-refractivity contribution is 6.09. The number of carbonyl (C=O) groups is 3. The predicted octanol–water partition coefficient (Wildman–Crippen LogP) is 1.50. The number of nitrogens with zero attached hydrogens (tertiary/aromatic N) is 1. The number of amides is 3. The number of hydrogen-bond acceptors (Lipinski definition) is 3. The molecule has 1 aliphatic heterocycles. The summed E-state index contributed by atoms with van der Waals surface area (Å²) in [5.41, 5.74) is 0.983. The average molecular weight is 324 g/mol. The lowest BCUT2D eigenvalue weighted by Gasteiger charge is -2.23. The van der Waals surface area contributed by atoms with Crippen molar-refractivity contribution in [3.8, 4) is 0 Å². The molecule has 0 aromatic heterocycles. The van der Waals surface area contributed by atoms with Gasteiger partial charge in [0.2, 0.25) is 17.7 Å². The number of hydrogen-bond donors (Lipinski definition) is 1. The molecule has 1 heterocycles. The number of likely N-dealkylation sites (tertiary alicyclic amines) is 1. The van der Waals surface area contributed by atoms with Gasteiger partial charge in [-0.05, 0) is 30.7 Å². The zero-order valence-corrected chi connectivity index (χ0v) is 13.5. The maximum atomic E-state index is 12.7. The van der Waals surface area contributed by atoms with Crippen molar-refractivity contribution < 1.29 is 14.4 Å². The summed E-state index contributed by atoms with van der Waals surface area (Å²) in [6.07, 6.45) is 5.01. The van der Waals surface area contributed by atoms with Gasteiger partial charge in [0.25, 0.3) is 0 Å². The highest BCUT2D eigenvalue weighted by Crippen LogP contribution is 2.52. The molecule has 24 heavy (non-hydrogen) atoms. The Bertz CT molecular complexity index is 697. The first-order valence-electron chi connectivity index (χ1n) is 8.45. The molecule has 3 amide bonds. The summed E-state index contributed by atoms with van der Waals surface area (Å²) in [5, 5.41) is 2.82. The average Bonchev–Trinajstić information content (AvgIpc) is 3.27. The quantitative estimate of drug-likeness (QED) is 0.674. The number of carbonyl (C=O) groups excluding carboxylic acids is 3. The first-order chi connectivity index (χ1) is 11.6. The maximum absolute atomic E-state index is 12.7. The Kier molecular flexibility index (Phi) is 3.52. The van der Waals surface area contributed by atoms with Crippen LogP contribution in [0.15, 0.2) is 42.5 Å². The van der Waals surface area contributed by atoms with E-state index in [0.29, 0.717) is 6.54 Å². The molecule has 0 radical (unpaired) electrons. The summed E-state index contributed by atoms with van der Waals surface area (Å²) in [7, 11) is 0. The lowest BCUT2D eigenvalue weighted by atomic mass is 9.85. The Morgan fingerprint density at radius 1 is 1.12 bits per heavy atom. The van der Waals surface area contributed by atoms with Gasteiger partial charge >= 0.3 is 0 Å². The Hall–Kier alpha value is -2.43. The van der Waals surface area contributed by atoms with Gasteiger partial charge < -0.3 is 5.32 Å². The van der Waals surface area contributed by atoms with Crippen molar-refractivity contribution in [2.24, 2.45) is 23.7 Å². The topological polar surface area (TPSA) is 66.5 Å². The number of benzene rings is 1. The van der Waals surface area contributed by atoms with Crippen LogP contribution in [0.5, 0.6) is 0 Å². The molecule has 1 aromatic carbocycles. The Morgan fingerprint density at radius 3 is 2.29 bits per heavy atom. The SMILES string of the molecule is CC(C(=O)NCc1ccccc1)N1C(=O)C2C3C=CC(C3)C2C1=O. The minimum Gasteiger partial charge on any atom is -0.350 e. The Labute approximate surface area is 140 Å². The largest absolute Gasteiger partial charge is 0.350 e. The number of fused-ring (bicyclic) bond motifs is 5. The summed E-state index contributed by atoms with van der Waals surface area (Å²) >= 11 is 0. The molecule has 0 spiro atoms. The molecular formula is C19H20N2O3. The van der Waals surface area contributed by atoms with Crippen LogP contribution in [0, 0.1) is 23.7 Å². The van der Waals surface area contributed by atoms with Crippen LogP contribution in [0.3, 0.4) is 0 Å². The number of imide groups is 1. The van der Waals surface area contributed by atoms with E-state index in [-0.39, 0.29) is 41.4 Å². The molecule has 5 atom stereocenters. The fourth-order valence-corrected chi connectivity index (χ4v) is 4.36. The van der Waals surface area contributed by atoms with Crippen molar-refractivity contribution in [1.82, 2.24) is 10.2 Å². The third kappa shape index (κ3) is 2.19. The third-order valence-corrected chi connectivity index (χ3v) is 5.58. The van der Waals surface area contributed by atoms with Gasteiger partial charge in [-0.3, -0.25) is 19.3 Å².